The van der Waals surface area contributed by atoms with Gasteiger partial charge in [0.2, 0.25) is 5.91 Å². The minimum atomic E-state index is 0.0230. The van der Waals surface area contributed by atoms with Gasteiger partial charge in [0.25, 0.3) is 0 Å². The molecule has 0 radical (unpaired) electrons. The van der Waals surface area contributed by atoms with Gasteiger partial charge in [-0.1, -0.05) is 29.8 Å². The highest BCUT2D eigenvalue weighted by Gasteiger charge is 2.44. The molecule has 0 bridgehead atoms. The summed E-state index contributed by atoms with van der Waals surface area (Å²) >= 11 is 0. The fourth-order valence-electron chi connectivity index (χ4n) is 3.51. The second-order valence-electron chi connectivity index (χ2n) is 6.69. The Kier molecular flexibility index (Phi) is 3.76. The molecular weight excluding hydrogens is 262 g/mol. The molecule has 114 valence electrons. The molecule has 0 spiro atoms. The van der Waals surface area contributed by atoms with Crippen LogP contribution in [-0.2, 0) is 4.79 Å². The molecule has 3 rings (SSSR count). The predicted octanol–water partition coefficient (Wildman–Crippen LogP) is 1.91. The number of benzene rings is 1. The van der Waals surface area contributed by atoms with E-state index in [9.17, 15) is 4.79 Å². The molecule has 1 atom stereocenters. The zero-order valence-electron chi connectivity index (χ0n) is 13.2. The third-order valence-electron chi connectivity index (χ3n) is 5.13. The van der Waals surface area contributed by atoms with Gasteiger partial charge in [-0.05, 0) is 45.8 Å². The number of hydrogen-bond acceptors (Lipinski definition) is 3. The van der Waals surface area contributed by atoms with E-state index in [0.717, 1.165) is 6.54 Å². The van der Waals surface area contributed by atoms with E-state index in [4.69, 9.17) is 0 Å². The van der Waals surface area contributed by atoms with Gasteiger partial charge in [-0.15, -0.1) is 0 Å². The zero-order chi connectivity index (χ0) is 15.0. The molecule has 4 nitrogen and oxygen atoms in total. The number of amides is 1. The zero-order valence-corrected chi connectivity index (χ0v) is 13.2. The third-order valence-corrected chi connectivity index (χ3v) is 5.13. The van der Waals surface area contributed by atoms with E-state index < -0.39 is 0 Å². The Labute approximate surface area is 127 Å². The van der Waals surface area contributed by atoms with Crippen molar-refractivity contribution in [1.82, 2.24) is 15.1 Å². The van der Waals surface area contributed by atoms with E-state index in [1.807, 2.05) is 4.90 Å². The van der Waals surface area contributed by atoms with Crippen molar-refractivity contribution in [3.63, 3.8) is 0 Å². The van der Waals surface area contributed by atoms with Gasteiger partial charge in [0.05, 0.1) is 6.54 Å². The molecule has 1 N–H and O–H groups in total. The van der Waals surface area contributed by atoms with Gasteiger partial charge in [0, 0.05) is 12.1 Å². The van der Waals surface area contributed by atoms with Crippen molar-refractivity contribution in [2.24, 2.45) is 0 Å². The maximum Gasteiger partial charge on any atom is 0.238 e. The minimum absolute atomic E-state index is 0.0230. The molecule has 1 saturated carbocycles. The fourth-order valence-corrected chi connectivity index (χ4v) is 3.51. The van der Waals surface area contributed by atoms with Gasteiger partial charge in [-0.25, -0.2) is 0 Å². The monoisotopic (exact) mass is 287 g/mol. The predicted molar refractivity (Wildman–Crippen MR) is 83.9 cm³/mol. The fraction of sp³-hybridized carbons (Fsp3) is 0.588. The molecule has 1 unspecified atom stereocenters. The molecule has 1 heterocycles. The lowest BCUT2D eigenvalue weighted by molar-refractivity contribution is -0.131. The van der Waals surface area contributed by atoms with Gasteiger partial charge in [-0.3, -0.25) is 10.1 Å². The van der Waals surface area contributed by atoms with Gasteiger partial charge in [-0.2, -0.15) is 0 Å². The quantitative estimate of drug-likeness (QED) is 0.919. The molecule has 4 heteroatoms. The number of rotatable bonds is 4. The van der Waals surface area contributed by atoms with Crippen LogP contribution in [-0.4, -0.2) is 48.4 Å². The van der Waals surface area contributed by atoms with Crippen LogP contribution in [0.3, 0.4) is 0 Å². The second kappa shape index (κ2) is 5.43. The Hall–Kier alpha value is -1.39. The molecule has 1 aromatic rings. The van der Waals surface area contributed by atoms with Gasteiger partial charge in [0.15, 0.2) is 0 Å². The summed E-state index contributed by atoms with van der Waals surface area (Å²) in [6.07, 6.45) is 3.66. The average Bonchev–Trinajstić information content (AvgIpc) is 2.74. The lowest BCUT2D eigenvalue weighted by atomic mass is 9.75. The number of carbonyl (C=O) groups excluding carboxylic acids is 1. The smallest absolute Gasteiger partial charge is 0.238 e. The summed E-state index contributed by atoms with van der Waals surface area (Å²) in [4.78, 5) is 16.7. The van der Waals surface area contributed by atoms with E-state index in [2.05, 4.69) is 55.5 Å². The Morgan fingerprint density at radius 3 is 2.71 bits per heavy atom. The van der Waals surface area contributed by atoms with Crippen molar-refractivity contribution in [2.45, 2.75) is 37.9 Å². The first-order chi connectivity index (χ1) is 10.0. The van der Waals surface area contributed by atoms with Crippen molar-refractivity contribution in [1.29, 1.82) is 0 Å². The Bertz CT molecular complexity index is 537. The number of nitrogens with one attached hydrogen (secondary N) is 1. The third kappa shape index (κ3) is 2.58. The Balaban J connectivity index is 1.83. The van der Waals surface area contributed by atoms with Crippen LogP contribution in [0.4, 0.5) is 0 Å². The van der Waals surface area contributed by atoms with Crippen LogP contribution >= 0.6 is 0 Å². The van der Waals surface area contributed by atoms with Crippen molar-refractivity contribution in [3.8, 4) is 0 Å². The highest BCUT2D eigenvalue weighted by molar-refractivity contribution is 5.81. The number of hydrogen-bond donors (Lipinski definition) is 1. The molecule has 1 aliphatic carbocycles. The standard InChI is InChI=1S/C17H25N3O/c1-13-6-4-7-14(10-13)16-18-11-15(21)20(16)12-17(19(2)3)8-5-9-17/h4,6-7,10,16,18H,5,8-9,11-12H2,1-3H3. The first kappa shape index (κ1) is 14.5. The number of likely N-dealkylation sites (N-methyl/N-ethyl adjacent to an activating group) is 1. The van der Waals surface area contributed by atoms with Crippen LogP contribution in [0.1, 0.15) is 36.6 Å². The van der Waals surface area contributed by atoms with Crippen molar-refractivity contribution < 1.29 is 4.79 Å². The highest BCUT2D eigenvalue weighted by Crippen LogP contribution is 2.39. The van der Waals surface area contributed by atoms with Crippen LogP contribution in [0.5, 0.6) is 0 Å². The van der Waals surface area contributed by atoms with Crippen LogP contribution in [0.25, 0.3) is 0 Å². The first-order valence-corrected chi connectivity index (χ1v) is 7.79. The molecule has 0 aromatic heterocycles. The average molecular weight is 287 g/mol. The number of aryl methyl sites for hydroxylation is 1. The van der Waals surface area contributed by atoms with Gasteiger partial charge >= 0.3 is 0 Å². The summed E-state index contributed by atoms with van der Waals surface area (Å²) in [6.45, 7) is 3.37. The molecule has 21 heavy (non-hydrogen) atoms. The number of carbonyl (C=O) groups is 1. The lowest BCUT2D eigenvalue weighted by Crippen LogP contribution is -2.58. The molecule has 2 fully saturated rings. The Morgan fingerprint density at radius 1 is 1.38 bits per heavy atom. The first-order valence-electron chi connectivity index (χ1n) is 7.79. The maximum atomic E-state index is 12.3. The number of nitrogens with zero attached hydrogens (tertiary/aromatic N) is 2. The summed E-state index contributed by atoms with van der Waals surface area (Å²) in [5.74, 6) is 0.217. The lowest BCUT2D eigenvalue weighted by Gasteiger charge is -2.50. The van der Waals surface area contributed by atoms with Crippen LogP contribution in [0.2, 0.25) is 0 Å². The van der Waals surface area contributed by atoms with Crippen LogP contribution in [0.15, 0.2) is 24.3 Å². The van der Waals surface area contributed by atoms with E-state index >= 15 is 0 Å². The van der Waals surface area contributed by atoms with Gasteiger partial charge in [0.1, 0.15) is 6.17 Å². The van der Waals surface area contributed by atoms with Crippen molar-refractivity contribution in [3.05, 3.63) is 35.4 Å². The molecule has 1 saturated heterocycles. The minimum Gasteiger partial charge on any atom is -0.320 e. The Morgan fingerprint density at radius 2 is 2.14 bits per heavy atom. The maximum absolute atomic E-state index is 12.3. The SMILES string of the molecule is Cc1cccc(C2NCC(=O)N2CC2(N(C)C)CCC2)c1. The summed E-state index contributed by atoms with van der Waals surface area (Å²) in [5, 5.41) is 3.37. The molecule has 1 aromatic carbocycles. The van der Waals surface area contributed by atoms with E-state index in [-0.39, 0.29) is 17.6 Å². The normalized spacial score (nSPS) is 24.5. The summed E-state index contributed by atoms with van der Waals surface area (Å²) in [5.41, 5.74) is 2.60. The molecular formula is C17H25N3O. The van der Waals surface area contributed by atoms with E-state index in [1.165, 1.54) is 30.4 Å². The van der Waals surface area contributed by atoms with E-state index in [1.54, 1.807) is 0 Å². The van der Waals surface area contributed by atoms with Gasteiger partial charge < -0.3 is 9.80 Å². The second-order valence-corrected chi connectivity index (χ2v) is 6.69. The largest absolute Gasteiger partial charge is 0.320 e. The van der Waals surface area contributed by atoms with Crippen LogP contribution in [0, 0.1) is 6.92 Å². The van der Waals surface area contributed by atoms with Crippen LogP contribution < -0.4 is 5.32 Å². The highest BCUT2D eigenvalue weighted by atomic mass is 16.2. The summed E-state index contributed by atoms with van der Waals surface area (Å²) in [7, 11) is 4.27. The summed E-state index contributed by atoms with van der Waals surface area (Å²) < 4.78 is 0. The molecule has 1 aliphatic heterocycles. The van der Waals surface area contributed by atoms with E-state index in [0.29, 0.717) is 6.54 Å². The molecule has 2 aliphatic rings. The molecule has 1 amide bonds. The van der Waals surface area contributed by atoms with Crippen molar-refractivity contribution in [2.75, 3.05) is 27.2 Å². The summed E-state index contributed by atoms with van der Waals surface area (Å²) in [6, 6.07) is 8.45. The topological polar surface area (TPSA) is 35.6 Å². The van der Waals surface area contributed by atoms with Crippen molar-refractivity contribution >= 4 is 5.91 Å².